The van der Waals surface area contributed by atoms with Crippen LogP contribution in [0.2, 0.25) is 0 Å². The molecule has 3 rings (SSSR count). The van der Waals surface area contributed by atoms with Crippen molar-refractivity contribution in [2.75, 3.05) is 18.5 Å². The zero-order valence-corrected chi connectivity index (χ0v) is 12.9. The van der Waals surface area contributed by atoms with E-state index in [1.54, 1.807) is 11.9 Å². The van der Waals surface area contributed by atoms with E-state index >= 15 is 0 Å². The van der Waals surface area contributed by atoms with Crippen LogP contribution in [0.4, 0.5) is 5.69 Å². The highest BCUT2D eigenvalue weighted by Gasteiger charge is 2.32. The topological polar surface area (TPSA) is 58.6 Å². The summed E-state index contributed by atoms with van der Waals surface area (Å²) >= 11 is 0. The Bertz CT molecular complexity index is 567. The average Bonchev–Trinajstić information content (AvgIpc) is 2.57. The molecule has 118 valence electrons. The van der Waals surface area contributed by atoms with E-state index in [2.05, 4.69) is 5.32 Å². The zero-order chi connectivity index (χ0) is 15.5. The number of benzene rings is 1. The number of anilines is 1. The molecule has 0 aromatic heterocycles. The number of ether oxygens (including phenoxy) is 1. The minimum atomic E-state index is -0.646. The number of fused-ring (bicyclic) bond motifs is 1. The molecule has 2 amide bonds. The maximum absolute atomic E-state index is 12.3. The first-order valence-corrected chi connectivity index (χ1v) is 7.98. The number of para-hydroxylation sites is 2. The van der Waals surface area contributed by atoms with Gasteiger partial charge >= 0.3 is 0 Å². The van der Waals surface area contributed by atoms with Crippen molar-refractivity contribution < 1.29 is 14.3 Å². The second-order valence-electron chi connectivity index (χ2n) is 6.05. The summed E-state index contributed by atoms with van der Waals surface area (Å²) in [6.45, 7) is 0.229. The number of carbonyl (C=O) groups is 2. The van der Waals surface area contributed by atoms with Gasteiger partial charge in [-0.1, -0.05) is 31.4 Å². The monoisotopic (exact) mass is 302 g/mol. The molecule has 2 aliphatic rings. The van der Waals surface area contributed by atoms with Gasteiger partial charge in [0.25, 0.3) is 5.91 Å². The molecular formula is C17H22N2O3. The summed E-state index contributed by atoms with van der Waals surface area (Å²) in [7, 11) is 1.74. The Hall–Kier alpha value is -2.04. The van der Waals surface area contributed by atoms with Gasteiger partial charge in [0.1, 0.15) is 5.75 Å². The average molecular weight is 302 g/mol. The van der Waals surface area contributed by atoms with Gasteiger partial charge < -0.3 is 15.0 Å². The standard InChI is InChI=1S/C17H22N2O3/c1-19-13-9-5-6-10-14(13)22-15(17(19)21)11-18-16(20)12-7-3-2-4-8-12/h5-6,9-10,12,15H,2-4,7-8,11H2,1H3,(H,18,20). The Morgan fingerprint density at radius 2 is 2.00 bits per heavy atom. The molecule has 1 aromatic rings. The molecular weight excluding hydrogens is 280 g/mol. The van der Waals surface area contributed by atoms with Gasteiger partial charge in [0.15, 0.2) is 6.10 Å². The van der Waals surface area contributed by atoms with E-state index in [0.717, 1.165) is 31.4 Å². The predicted octanol–water partition coefficient (Wildman–Crippen LogP) is 2.11. The second-order valence-corrected chi connectivity index (χ2v) is 6.05. The molecule has 0 bridgehead atoms. The largest absolute Gasteiger partial charge is 0.477 e. The Balaban J connectivity index is 1.61. The maximum Gasteiger partial charge on any atom is 0.269 e. The van der Waals surface area contributed by atoms with Crippen molar-refractivity contribution >= 4 is 17.5 Å². The Kier molecular flexibility index (Phi) is 4.32. The van der Waals surface area contributed by atoms with Gasteiger partial charge in [-0.15, -0.1) is 0 Å². The fourth-order valence-electron chi connectivity index (χ4n) is 3.20. The molecule has 22 heavy (non-hydrogen) atoms. The smallest absolute Gasteiger partial charge is 0.269 e. The van der Waals surface area contributed by atoms with Crippen molar-refractivity contribution in [1.82, 2.24) is 5.32 Å². The number of likely N-dealkylation sites (N-methyl/N-ethyl adjacent to an activating group) is 1. The number of hydrogen-bond acceptors (Lipinski definition) is 3. The molecule has 1 aliphatic heterocycles. The fourth-order valence-corrected chi connectivity index (χ4v) is 3.20. The summed E-state index contributed by atoms with van der Waals surface area (Å²) in [6, 6.07) is 7.44. The molecule has 0 spiro atoms. The summed E-state index contributed by atoms with van der Waals surface area (Å²) < 4.78 is 5.75. The van der Waals surface area contributed by atoms with Crippen LogP contribution in [0.3, 0.4) is 0 Å². The van der Waals surface area contributed by atoms with E-state index in [4.69, 9.17) is 4.74 Å². The van der Waals surface area contributed by atoms with Crippen LogP contribution in [0.1, 0.15) is 32.1 Å². The molecule has 1 heterocycles. The molecule has 0 saturated heterocycles. The van der Waals surface area contributed by atoms with Gasteiger partial charge in [-0.3, -0.25) is 9.59 Å². The highest BCUT2D eigenvalue weighted by molar-refractivity contribution is 5.99. The third-order valence-corrected chi connectivity index (χ3v) is 4.54. The molecule has 5 nitrogen and oxygen atoms in total. The lowest BCUT2D eigenvalue weighted by atomic mass is 9.88. The fraction of sp³-hybridized carbons (Fsp3) is 0.529. The zero-order valence-electron chi connectivity index (χ0n) is 12.9. The van der Waals surface area contributed by atoms with Crippen molar-refractivity contribution in [2.45, 2.75) is 38.2 Å². The first-order valence-electron chi connectivity index (χ1n) is 7.98. The van der Waals surface area contributed by atoms with Crippen molar-refractivity contribution in [3.8, 4) is 5.75 Å². The quantitative estimate of drug-likeness (QED) is 0.930. The normalized spacial score (nSPS) is 22.0. The second kappa shape index (κ2) is 6.38. The number of nitrogens with zero attached hydrogens (tertiary/aromatic N) is 1. The third kappa shape index (κ3) is 2.93. The van der Waals surface area contributed by atoms with Crippen molar-refractivity contribution in [3.05, 3.63) is 24.3 Å². The highest BCUT2D eigenvalue weighted by Crippen LogP contribution is 2.32. The molecule has 1 unspecified atom stereocenters. The summed E-state index contributed by atoms with van der Waals surface area (Å²) in [4.78, 5) is 26.1. The van der Waals surface area contributed by atoms with E-state index in [9.17, 15) is 9.59 Å². The number of carbonyl (C=O) groups excluding carboxylic acids is 2. The van der Waals surface area contributed by atoms with Crippen LogP contribution < -0.4 is 15.0 Å². The number of hydrogen-bond donors (Lipinski definition) is 1. The molecule has 5 heteroatoms. The molecule has 1 atom stereocenters. The summed E-state index contributed by atoms with van der Waals surface area (Å²) in [5, 5.41) is 2.89. The predicted molar refractivity (Wildman–Crippen MR) is 83.9 cm³/mol. The van der Waals surface area contributed by atoms with E-state index < -0.39 is 6.10 Å². The summed E-state index contributed by atoms with van der Waals surface area (Å²) in [5.41, 5.74) is 0.766. The lowest BCUT2D eigenvalue weighted by Gasteiger charge is -2.32. The van der Waals surface area contributed by atoms with Gasteiger partial charge in [0, 0.05) is 13.0 Å². The van der Waals surface area contributed by atoms with Crippen LogP contribution >= 0.6 is 0 Å². The van der Waals surface area contributed by atoms with Gasteiger partial charge in [-0.2, -0.15) is 0 Å². The van der Waals surface area contributed by atoms with Crippen LogP contribution in [0.5, 0.6) is 5.75 Å². The number of nitrogens with one attached hydrogen (secondary N) is 1. The van der Waals surface area contributed by atoms with Crippen LogP contribution in [0.15, 0.2) is 24.3 Å². The lowest BCUT2D eigenvalue weighted by Crippen LogP contribution is -2.50. The molecule has 1 fully saturated rings. The van der Waals surface area contributed by atoms with Crippen molar-refractivity contribution in [2.24, 2.45) is 5.92 Å². The van der Waals surface area contributed by atoms with Gasteiger partial charge in [0.2, 0.25) is 5.91 Å². The van der Waals surface area contributed by atoms with E-state index in [0.29, 0.717) is 5.75 Å². The Morgan fingerprint density at radius 3 is 2.77 bits per heavy atom. The molecule has 0 radical (unpaired) electrons. The Morgan fingerprint density at radius 1 is 1.27 bits per heavy atom. The van der Waals surface area contributed by atoms with Crippen LogP contribution in [0, 0.1) is 5.92 Å². The van der Waals surface area contributed by atoms with Crippen LogP contribution in [-0.2, 0) is 9.59 Å². The molecule has 1 aromatic carbocycles. The first kappa shape index (κ1) is 14.9. The van der Waals surface area contributed by atoms with Crippen LogP contribution in [0.25, 0.3) is 0 Å². The Labute approximate surface area is 130 Å². The molecule has 1 saturated carbocycles. The van der Waals surface area contributed by atoms with Crippen molar-refractivity contribution in [3.63, 3.8) is 0 Å². The van der Waals surface area contributed by atoms with Crippen molar-refractivity contribution in [1.29, 1.82) is 0 Å². The molecule has 1 aliphatic carbocycles. The number of rotatable bonds is 3. The van der Waals surface area contributed by atoms with Crippen LogP contribution in [-0.4, -0.2) is 31.5 Å². The van der Waals surface area contributed by atoms with Gasteiger partial charge in [-0.25, -0.2) is 0 Å². The lowest BCUT2D eigenvalue weighted by molar-refractivity contribution is -0.128. The minimum absolute atomic E-state index is 0.0533. The first-order chi connectivity index (χ1) is 10.7. The minimum Gasteiger partial charge on any atom is -0.477 e. The molecule has 1 N–H and O–H groups in total. The van der Waals surface area contributed by atoms with E-state index in [-0.39, 0.29) is 24.3 Å². The summed E-state index contributed by atoms with van der Waals surface area (Å²) in [5.74, 6) is 0.708. The SMILES string of the molecule is CN1C(=O)C(CNC(=O)C2CCCCC2)Oc2ccccc21. The van der Waals surface area contributed by atoms with Gasteiger partial charge in [-0.05, 0) is 25.0 Å². The van der Waals surface area contributed by atoms with Gasteiger partial charge in [0.05, 0.1) is 12.2 Å². The summed E-state index contributed by atoms with van der Waals surface area (Å²) in [6.07, 6.45) is 4.71. The van der Waals surface area contributed by atoms with E-state index in [1.807, 2.05) is 24.3 Å². The highest BCUT2D eigenvalue weighted by atomic mass is 16.5. The number of amides is 2. The van der Waals surface area contributed by atoms with E-state index in [1.165, 1.54) is 6.42 Å². The maximum atomic E-state index is 12.3. The third-order valence-electron chi connectivity index (χ3n) is 4.54.